The van der Waals surface area contributed by atoms with E-state index in [9.17, 15) is 27.2 Å². The number of aryl methyl sites for hydroxylation is 1. The van der Waals surface area contributed by atoms with Crippen LogP contribution in [0.25, 0.3) is 0 Å². The molecule has 7 heteroatoms. The number of hydrogen-bond acceptors (Lipinski definition) is 2. The summed E-state index contributed by atoms with van der Waals surface area (Å²) in [5, 5.41) is 2.32. The molecular weight excluding hydrogens is 410 g/mol. The van der Waals surface area contributed by atoms with Gasteiger partial charge in [-0.15, -0.1) is 0 Å². The normalized spacial score (nSPS) is 11.3. The van der Waals surface area contributed by atoms with Crippen LogP contribution in [0.2, 0.25) is 0 Å². The summed E-state index contributed by atoms with van der Waals surface area (Å²) in [6.07, 6.45) is -4.86. The van der Waals surface area contributed by atoms with E-state index in [0.29, 0.717) is 0 Å². The lowest BCUT2D eigenvalue weighted by Crippen LogP contribution is -2.19. The van der Waals surface area contributed by atoms with Gasteiger partial charge in [0.05, 0.1) is 11.1 Å². The minimum atomic E-state index is -4.79. The first-order valence-electron chi connectivity index (χ1n) is 9.46. The molecule has 3 aromatic rings. The summed E-state index contributed by atoms with van der Waals surface area (Å²) in [7, 11) is 0. The van der Waals surface area contributed by atoms with Crippen LogP contribution in [0, 0.1) is 12.7 Å². The van der Waals surface area contributed by atoms with E-state index >= 15 is 0 Å². The molecule has 0 fully saturated rings. The molecule has 0 saturated carbocycles. The number of benzene rings is 3. The average molecular weight is 429 g/mol. The van der Waals surface area contributed by atoms with Gasteiger partial charge < -0.3 is 5.32 Å². The van der Waals surface area contributed by atoms with E-state index in [1.807, 2.05) is 25.1 Å². The first-order valence-corrected chi connectivity index (χ1v) is 9.46. The zero-order valence-electron chi connectivity index (χ0n) is 16.6. The molecule has 0 aromatic heterocycles. The molecule has 0 unspecified atom stereocenters. The standard InChI is InChI=1S/C24H19F4NO2/c1-15-3-2-4-16(11-15)12-20(30)13-17-5-10-21(22(14-17)24(26,27)28)23(31)29-19-8-6-18(25)7-9-19/h2-11,14H,12-13H2,1H3,(H,29,31). The fraction of sp³-hybridized carbons (Fsp3) is 0.167. The van der Waals surface area contributed by atoms with Crippen LogP contribution in [-0.4, -0.2) is 11.7 Å². The second-order valence-electron chi connectivity index (χ2n) is 7.22. The fourth-order valence-corrected chi connectivity index (χ4v) is 3.21. The Bertz CT molecular complexity index is 1110. The summed E-state index contributed by atoms with van der Waals surface area (Å²) < 4.78 is 53.8. The molecule has 1 N–H and O–H groups in total. The summed E-state index contributed by atoms with van der Waals surface area (Å²) in [4.78, 5) is 24.8. The van der Waals surface area contributed by atoms with E-state index in [0.717, 1.165) is 35.4 Å². The Balaban J connectivity index is 1.80. The Kier molecular flexibility index (Phi) is 6.53. The molecule has 3 nitrogen and oxygen atoms in total. The fourth-order valence-electron chi connectivity index (χ4n) is 3.21. The molecule has 0 bridgehead atoms. The van der Waals surface area contributed by atoms with Crippen molar-refractivity contribution in [2.45, 2.75) is 25.9 Å². The van der Waals surface area contributed by atoms with Crippen LogP contribution >= 0.6 is 0 Å². The number of hydrogen-bond donors (Lipinski definition) is 1. The Morgan fingerprint density at radius 1 is 0.871 bits per heavy atom. The number of ketones is 1. The zero-order chi connectivity index (χ0) is 22.6. The molecule has 160 valence electrons. The molecule has 0 aliphatic rings. The molecule has 0 aliphatic carbocycles. The molecule has 3 aromatic carbocycles. The van der Waals surface area contributed by atoms with Gasteiger partial charge in [-0.2, -0.15) is 13.2 Å². The lowest BCUT2D eigenvalue weighted by molar-refractivity contribution is -0.138. The highest BCUT2D eigenvalue weighted by Gasteiger charge is 2.35. The maximum Gasteiger partial charge on any atom is 0.417 e. The quantitative estimate of drug-likeness (QED) is 0.507. The van der Waals surface area contributed by atoms with Crippen molar-refractivity contribution in [3.63, 3.8) is 0 Å². The van der Waals surface area contributed by atoms with Gasteiger partial charge in [0.1, 0.15) is 11.6 Å². The Hall–Kier alpha value is -3.48. The Labute approximate surface area is 176 Å². The molecule has 31 heavy (non-hydrogen) atoms. The SMILES string of the molecule is Cc1cccc(CC(=O)Cc2ccc(C(=O)Nc3ccc(F)cc3)c(C(F)(F)F)c2)c1. The third-order valence-electron chi connectivity index (χ3n) is 4.62. The Morgan fingerprint density at radius 2 is 1.52 bits per heavy atom. The van der Waals surface area contributed by atoms with Gasteiger partial charge in [0.25, 0.3) is 5.91 Å². The number of carbonyl (C=O) groups excluding carboxylic acids is 2. The molecule has 3 rings (SSSR count). The van der Waals surface area contributed by atoms with Crippen LogP contribution in [0.1, 0.15) is 32.6 Å². The van der Waals surface area contributed by atoms with Gasteiger partial charge in [-0.25, -0.2) is 4.39 Å². The van der Waals surface area contributed by atoms with E-state index in [4.69, 9.17) is 0 Å². The third-order valence-corrected chi connectivity index (χ3v) is 4.62. The van der Waals surface area contributed by atoms with Crippen molar-refractivity contribution in [3.8, 4) is 0 Å². The predicted molar refractivity (Wildman–Crippen MR) is 109 cm³/mol. The minimum Gasteiger partial charge on any atom is -0.322 e. The molecule has 0 heterocycles. The average Bonchev–Trinajstić information content (AvgIpc) is 2.69. The maximum atomic E-state index is 13.6. The van der Waals surface area contributed by atoms with Crippen molar-refractivity contribution in [2.75, 3.05) is 5.32 Å². The van der Waals surface area contributed by atoms with Crippen LogP contribution in [0.4, 0.5) is 23.2 Å². The topological polar surface area (TPSA) is 46.2 Å². The number of alkyl halides is 3. The van der Waals surface area contributed by atoms with Gasteiger partial charge in [0.2, 0.25) is 0 Å². The molecular formula is C24H19F4NO2. The highest BCUT2D eigenvalue weighted by molar-refractivity contribution is 6.05. The summed E-state index contributed by atoms with van der Waals surface area (Å²) in [6, 6.07) is 15.2. The first kappa shape index (κ1) is 22.2. The van der Waals surface area contributed by atoms with Crippen LogP contribution < -0.4 is 5.32 Å². The van der Waals surface area contributed by atoms with E-state index in [-0.39, 0.29) is 29.9 Å². The summed E-state index contributed by atoms with van der Waals surface area (Å²) in [5.74, 6) is -1.74. The number of anilines is 1. The van der Waals surface area contributed by atoms with E-state index in [1.54, 1.807) is 6.07 Å². The second kappa shape index (κ2) is 9.12. The van der Waals surface area contributed by atoms with Crippen molar-refractivity contribution in [3.05, 3.63) is 100 Å². The molecule has 1 amide bonds. The molecule has 0 radical (unpaired) electrons. The first-order chi connectivity index (χ1) is 14.6. The van der Waals surface area contributed by atoms with Crippen LogP contribution in [0.3, 0.4) is 0 Å². The maximum absolute atomic E-state index is 13.6. The largest absolute Gasteiger partial charge is 0.417 e. The van der Waals surface area contributed by atoms with Crippen LogP contribution in [-0.2, 0) is 23.8 Å². The van der Waals surface area contributed by atoms with Crippen LogP contribution in [0.15, 0.2) is 66.7 Å². The molecule has 0 spiro atoms. The summed E-state index contributed by atoms with van der Waals surface area (Å²) in [6.45, 7) is 1.89. The van der Waals surface area contributed by atoms with Gasteiger partial charge >= 0.3 is 6.18 Å². The highest BCUT2D eigenvalue weighted by atomic mass is 19.4. The summed E-state index contributed by atoms with van der Waals surface area (Å²) in [5.41, 5.74) is 0.400. The smallest absolute Gasteiger partial charge is 0.322 e. The highest BCUT2D eigenvalue weighted by Crippen LogP contribution is 2.33. The van der Waals surface area contributed by atoms with E-state index in [1.165, 1.54) is 18.2 Å². The van der Waals surface area contributed by atoms with Gasteiger partial charge in [0, 0.05) is 18.5 Å². The van der Waals surface area contributed by atoms with Crippen molar-refractivity contribution < 1.29 is 27.2 Å². The van der Waals surface area contributed by atoms with Gasteiger partial charge in [-0.05, 0) is 54.4 Å². The van der Waals surface area contributed by atoms with Crippen molar-refractivity contribution in [1.29, 1.82) is 0 Å². The monoisotopic (exact) mass is 429 g/mol. The number of amides is 1. The number of Topliss-reactive ketones (excluding diaryl/α,β-unsaturated/α-hetero) is 1. The number of carbonyl (C=O) groups is 2. The molecule has 0 saturated heterocycles. The van der Waals surface area contributed by atoms with Crippen molar-refractivity contribution in [2.24, 2.45) is 0 Å². The van der Waals surface area contributed by atoms with Crippen LogP contribution in [0.5, 0.6) is 0 Å². The molecule has 0 aliphatic heterocycles. The second-order valence-corrected chi connectivity index (χ2v) is 7.22. The lowest BCUT2D eigenvalue weighted by atomic mass is 9.97. The van der Waals surface area contributed by atoms with Crippen molar-refractivity contribution >= 4 is 17.4 Å². The predicted octanol–water partition coefficient (Wildman–Crippen LogP) is 5.76. The molecule has 0 atom stereocenters. The van der Waals surface area contributed by atoms with Crippen molar-refractivity contribution in [1.82, 2.24) is 0 Å². The minimum absolute atomic E-state index is 0.107. The summed E-state index contributed by atoms with van der Waals surface area (Å²) >= 11 is 0. The van der Waals surface area contributed by atoms with Gasteiger partial charge in [0.15, 0.2) is 0 Å². The number of rotatable bonds is 6. The third kappa shape index (κ3) is 6.01. The number of halogens is 4. The zero-order valence-corrected chi connectivity index (χ0v) is 16.6. The van der Waals surface area contributed by atoms with Gasteiger partial charge in [-0.1, -0.05) is 35.9 Å². The Morgan fingerprint density at radius 3 is 2.13 bits per heavy atom. The van der Waals surface area contributed by atoms with E-state index in [2.05, 4.69) is 5.32 Å². The van der Waals surface area contributed by atoms with Gasteiger partial charge in [-0.3, -0.25) is 9.59 Å². The van der Waals surface area contributed by atoms with E-state index < -0.39 is 29.0 Å². The number of nitrogens with one attached hydrogen (secondary N) is 1. The lowest BCUT2D eigenvalue weighted by Gasteiger charge is -2.15.